The zero-order valence-corrected chi connectivity index (χ0v) is 11.0. The lowest BCUT2D eigenvalue weighted by molar-refractivity contribution is 0.0940. The van der Waals surface area contributed by atoms with E-state index in [1.807, 2.05) is 0 Å². The van der Waals surface area contributed by atoms with Gasteiger partial charge < -0.3 is 11.1 Å². The Morgan fingerprint density at radius 2 is 2.06 bits per heavy atom. The van der Waals surface area contributed by atoms with Gasteiger partial charge in [0.05, 0.1) is 0 Å². The van der Waals surface area contributed by atoms with E-state index in [-0.39, 0.29) is 5.91 Å². The number of benzene rings is 1. The normalized spacial score (nSPS) is 23.6. The second kappa shape index (κ2) is 5.89. The van der Waals surface area contributed by atoms with E-state index in [1.165, 1.54) is 25.7 Å². The third-order valence-corrected chi connectivity index (χ3v) is 3.77. The second-order valence-electron chi connectivity index (χ2n) is 5.47. The maximum atomic E-state index is 11.9. The largest absolute Gasteiger partial charge is 0.399 e. The molecule has 1 aromatic carbocycles. The van der Waals surface area contributed by atoms with Gasteiger partial charge in [0.25, 0.3) is 5.91 Å². The third kappa shape index (κ3) is 3.49. The molecule has 1 amide bonds. The Balaban J connectivity index is 1.82. The summed E-state index contributed by atoms with van der Waals surface area (Å²) in [6.45, 7) is 3.10. The molecule has 0 saturated heterocycles. The molecule has 3 N–H and O–H groups in total. The Labute approximate surface area is 109 Å². The van der Waals surface area contributed by atoms with Gasteiger partial charge in [0, 0.05) is 17.8 Å². The van der Waals surface area contributed by atoms with Gasteiger partial charge in [-0.15, -0.1) is 0 Å². The van der Waals surface area contributed by atoms with Crippen molar-refractivity contribution in [2.24, 2.45) is 11.8 Å². The molecule has 1 saturated carbocycles. The zero-order valence-electron chi connectivity index (χ0n) is 11.0. The molecule has 1 fully saturated rings. The number of anilines is 1. The van der Waals surface area contributed by atoms with Crippen LogP contribution in [-0.2, 0) is 0 Å². The van der Waals surface area contributed by atoms with E-state index in [4.69, 9.17) is 5.73 Å². The zero-order chi connectivity index (χ0) is 13.0. The van der Waals surface area contributed by atoms with E-state index in [0.717, 1.165) is 12.5 Å². The quantitative estimate of drug-likeness (QED) is 0.806. The van der Waals surface area contributed by atoms with Gasteiger partial charge >= 0.3 is 0 Å². The highest BCUT2D eigenvalue weighted by Gasteiger charge is 2.19. The van der Waals surface area contributed by atoms with E-state index in [0.29, 0.717) is 17.2 Å². The van der Waals surface area contributed by atoms with Crippen LogP contribution >= 0.6 is 0 Å². The fourth-order valence-electron chi connectivity index (χ4n) is 2.72. The standard InChI is InChI=1S/C15H22N2O/c1-11-3-2-4-12(9-11)10-17-15(18)13-5-7-14(16)8-6-13/h5-8,11-12H,2-4,9-10,16H2,1H3,(H,17,18). The van der Waals surface area contributed by atoms with Crippen molar-refractivity contribution in [1.29, 1.82) is 0 Å². The summed E-state index contributed by atoms with van der Waals surface area (Å²) in [5, 5.41) is 3.03. The third-order valence-electron chi connectivity index (χ3n) is 3.77. The number of amides is 1. The van der Waals surface area contributed by atoms with E-state index < -0.39 is 0 Å². The van der Waals surface area contributed by atoms with Crippen molar-refractivity contribution in [3.05, 3.63) is 29.8 Å². The average molecular weight is 246 g/mol. The Bertz CT molecular complexity index is 399. The lowest BCUT2D eigenvalue weighted by Crippen LogP contribution is -2.31. The van der Waals surface area contributed by atoms with Crippen LogP contribution in [-0.4, -0.2) is 12.5 Å². The van der Waals surface area contributed by atoms with Gasteiger partial charge in [-0.25, -0.2) is 0 Å². The van der Waals surface area contributed by atoms with Crippen molar-refractivity contribution in [3.8, 4) is 0 Å². The topological polar surface area (TPSA) is 55.1 Å². The first kappa shape index (κ1) is 12.9. The van der Waals surface area contributed by atoms with Crippen LogP contribution in [0.2, 0.25) is 0 Å². The first-order valence-corrected chi connectivity index (χ1v) is 6.79. The molecule has 0 spiro atoms. The number of nitrogens with one attached hydrogen (secondary N) is 1. The maximum absolute atomic E-state index is 11.9. The minimum Gasteiger partial charge on any atom is -0.399 e. The molecule has 1 aliphatic rings. The van der Waals surface area contributed by atoms with Crippen molar-refractivity contribution in [2.45, 2.75) is 32.6 Å². The molecular formula is C15H22N2O. The molecule has 18 heavy (non-hydrogen) atoms. The van der Waals surface area contributed by atoms with Crippen molar-refractivity contribution >= 4 is 11.6 Å². The number of carbonyl (C=O) groups is 1. The average Bonchev–Trinajstić information content (AvgIpc) is 2.37. The predicted molar refractivity (Wildman–Crippen MR) is 74.3 cm³/mol. The number of carbonyl (C=O) groups excluding carboxylic acids is 1. The molecule has 1 aromatic rings. The molecule has 0 aromatic heterocycles. The van der Waals surface area contributed by atoms with Crippen molar-refractivity contribution in [1.82, 2.24) is 5.32 Å². The second-order valence-corrected chi connectivity index (χ2v) is 5.47. The SMILES string of the molecule is CC1CCCC(CNC(=O)c2ccc(N)cc2)C1. The van der Waals surface area contributed by atoms with Gasteiger partial charge in [0.1, 0.15) is 0 Å². The van der Waals surface area contributed by atoms with Crippen LogP contribution in [0.5, 0.6) is 0 Å². The Kier molecular flexibility index (Phi) is 4.24. The van der Waals surface area contributed by atoms with Gasteiger partial charge in [-0.2, -0.15) is 0 Å². The molecule has 0 heterocycles. The van der Waals surface area contributed by atoms with Crippen molar-refractivity contribution in [2.75, 3.05) is 12.3 Å². The fourth-order valence-corrected chi connectivity index (χ4v) is 2.72. The highest BCUT2D eigenvalue weighted by molar-refractivity contribution is 5.94. The maximum Gasteiger partial charge on any atom is 0.251 e. The Morgan fingerprint density at radius 3 is 2.72 bits per heavy atom. The smallest absolute Gasteiger partial charge is 0.251 e. The Morgan fingerprint density at radius 1 is 1.33 bits per heavy atom. The highest BCUT2D eigenvalue weighted by Crippen LogP contribution is 2.27. The molecule has 2 rings (SSSR count). The van der Waals surface area contributed by atoms with Crippen LogP contribution in [0.1, 0.15) is 43.0 Å². The molecule has 2 unspecified atom stereocenters. The van der Waals surface area contributed by atoms with Crippen molar-refractivity contribution < 1.29 is 4.79 Å². The van der Waals surface area contributed by atoms with Gasteiger partial charge in [-0.05, 0) is 48.9 Å². The number of nitrogen functional groups attached to an aromatic ring is 1. The summed E-state index contributed by atoms with van der Waals surface area (Å²) in [6, 6.07) is 7.07. The van der Waals surface area contributed by atoms with Gasteiger partial charge in [0.15, 0.2) is 0 Å². The molecule has 0 bridgehead atoms. The summed E-state index contributed by atoms with van der Waals surface area (Å²) < 4.78 is 0. The van der Waals surface area contributed by atoms with Crippen LogP contribution in [0.25, 0.3) is 0 Å². The number of hydrogen-bond acceptors (Lipinski definition) is 2. The van der Waals surface area contributed by atoms with Crippen LogP contribution in [0.15, 0.2) is 24.3 Å². The molecule has 2 atom stereocenters. The molecule has 3 nitrogen and oxygen atoms in total. The summed E-state index contributed by atoms with van der Waals surface area (Å²) in [4.78, 5) is 11.9. The first-order chi connectivity index (χ1) is 8.65. The summed E-state index contributed by atoms with van der Waals surface area (Å²) in [7, 11) is 0. The summed E-state index contributed by atoms with van der Waals surface area (Å²) in [6.07, 6.45) is 5.11. The number of nitrogens with two attached hydrogens (primary N) is 1. The van der Waals surface area contributed by atoms with Crippen LogP contribution in [0.3, 0.4) is 0 Å². The predicted octanol–water partition coefficient (Wildman–Crippen LogP) is 2.82. The lowest BCUT2D eigenvalue weighted by atomic mass is 9.82. The lowest BCUT2D eigenvalue weighted by Gasteiger charge is -2.26. The van der Waals surface area contributed by atoms with Gasteiger partial charge in [0.2, 0.25) is 0 Å². The fraction of sp³-hybridized carbons (Fsp3) is 0.533. The van der Waals surface area contributed by atoms with E-state index >= 15 is 0 Å². The molecule has 98 valence electrons. The van der Waals surface area contributed by atoms with Gasteiger partial charge in [-0.3, -0.25) is 4.79 Å². The minimum absolute atomic E-state index is 0.00762. The minimum atomic E-state index is 0.00762. The molecular weight excluding hydrogens is 224 g/mol. The van der Waals surface area contributed by atoms with Crippen LogP contribution in [0, 0.1) is 11.8 Å². The van der Waals surface area contributed by atoms with E-state index in [1.54, 1.807) is 24.3 Å². The molecule has 0 aliphatic heterocycles. The number of rotatable bonds is 3. The molecule has 3 heteroatoms. The van der Waals surface area contributed by atoms with E-state index in [2.05, 4.69) is 12.2 Å². The Hall–Kier alpha value is -1.51. The van der Waals surface area contributed by atoms with Crippen LogP contribution in [0.4, 0.5) is 5.69 Å². The van der Waals surface area contributed by atoms with E-state index in [9.17, 15) is 4.79 Å². The van der Waals surface area contributed by atoms with Crippen LogP contribution < -0.4 is 11.1 Å². The van der Waals surface area contributed by atoms with Gasteiger partial charge in [-0.1, -0.05) is 19.8 Å². The summed E-state index contributed by atoms with van der Waals surface area (Å²) in [5.74, 6) is 1.46. The van der Waals surface area contributed by atoms with Crippen molar-refractivity contribution in [3.63, 3.8) is 0 Å². The summed E-state index contributed by atoms with van der Waals surface area (Å²) >= 11 is 0. The number of hydrogen-bond donors (Lipinski definition) is 2. The summed E-state index contributed by atoms with van der Waals surface area (Å²) in [5.41, 5.74) is 6.98. The first-order valence-electron chi connectivity index (χ1n) is 6.79. The molecule has 1 aliphatic carbocycles. The highest BCUT2D eigenvalue weighted by atomic mass is 16.1. The molecule has 0 radical (unpaired) electrons. The monoisotopic (exact) mass is 246 g/mol.